The van der Waals surface area contributed by atoms with Crippen LogP contribution in [0.5, 0.6) is 5.75 Å². The summed E-state index contributed by atoms with van der Waals surface area (Å²) in [6, 6.07) is 13.7. The molecule has 2 heterocycles. The normalized spacial score (nSPS) is 15.5. The van der Waals surface area contributed by atoms with Crippen molar-refractivity contribution >= 4 is 15.7 Å². The van der Waals surface area contributed by atoms with E-state index in [9.17, 15) is 13.2 Å². The molecular formula is C24H27N3O7S. The van der Waals surface area contributed by atoms with Crippen molar-refractivity contribution in [3.05, 3.63) is 60.0 Å². The number of nitrogens with one attached hydrogen (secondary N) is 1. The molecule has 1 aliphatic rings. The van der Waals surface area contributed by atoms with Crippen LogP contribution in [0.2, 0.25) is 0 Å². The second kappa shape index (κ2) is 10.5. The summed E-state index contributed by atoms with van der Waals surface area (Å²) in [5.74, 6) is 0.514. The van der Waals surface area contributed by atoms with Gasteiger partial charge in [0.15, 0.2) is 14.6 Å². The average Bonchev–Trinajstić information content (AvgIpc) is 3.36. The Hall–Kier alpha value is -3.28. The third-order valence-corrected chi connectivity index (χ3v) is 8.55. The van der Waals surface area contributed by atoms with Gasteiger partial charge in [0.05, 0.1) is 11.5 Å². The fourth-order valence-corrected chi connectivity index (χ4v) is 5.88. The number of carbonyl (C=O) groups is 1. The number of sulfone groups is 1. The van der Waals surface area contributed by atoms with E-state index in [4.69, 9.17) is 19.1 Å². The van der Waals surface area contributed by atoms with Crippen LogP contribution in [-0.2, 0) is 25.8 Å². The Morgan fingerprint density at radius 2 is 1.77 bits per heavy atom. The number of benzene rings is 2. The maximum atomic E-state index is 13.3. The molecule has 1 amide bonds. The van der Waals surface area contributed by atoms with E-state index in [-0.39, 0.29) is 31.0 Å². The second-order valence-electron chi connectivity index (χ2n) is 8.34. The van der Waals surface area contributed by atoms with Crippen molar-refractivity contribution in [2.45, 2.75) is 42.2 Å². The molecule has 186 valence electrons. The molecule has 0 spiro atoms. The molecule has 2 N–H and O–H groups in total. The first-order valence-corrected chi connectivity index (χ1v) is 12.7. The first kappa shape index (κ1) is 24.8. The Labute approximate surface area is 203 Å². The van der Waals surface area contributed by atoms with Gasteiger partial charge in [-0.1, -0.05) is 17.7 Å². The van der Waals surface area contributed by atoms with E-state index < -0.39 is 20.5 Å². The lowest BCUT2D eigenvalue weighted by Gasteiger charge is -2.34. The van der Waals surface area contributed by atoms with Crippen LogP contribution < -0.4 is 10.2 Å². The van der Waals surface area contributed by atoms with Gasteiger partial charge in [-0.25, -0.2) is 13.9 Å². The van der Waals surface area contributed by atoms with Gasteiger partial charge in [0.2, 0.25) is 11.8 Å². The Balaban J connectivity index is 1.33. The molecule has 0 bridgehead atoms. The Bertz CT molecular complexity index is 1250. The van der Waals surface area contributed by atoms with Gasteiger partial charge in [0.1, 0.15) is 5.75 Å². The summed E-state index contributed by atoms with van der Waals surface area (Å²) >= 11 is 0. The van der Waals surface area contributed by atoms with Crippen LogP contribution in [0.25, 0.3) is 11.5 Å². The molecule has 10 nitrogen and oxygen atoms in total. The van der Waals surface area contributed by atoms with Crippen LogP contribution in [0.4, 0.5) is 0 Å². The molecule has 0 atom stereocenters. The van der Waals surface area contributed by atoms with Crippen LogP contribution in [0, 0.1) is 6.92 Å². The highest BCUT2D eigenvalue weighted by molar-refractivity contribution is 7.93. The molecule has 1 saturated heterocycles. The Morgan fingerprint density at radius 1 is 1.09 bits per heavy atom. The van der Waals surface area contributed by atoms with Crippen molar-refractivity contribution in [2.24, 2.45) is 0 Å². The summed E-state index contributed by atoms with van der Waals surface area (Å²) in [6.45, 7) is 2.59. The maximum absolute atomic E-state index is 13.3. The van der Waals surface area contributed by atoms with Crippen molar-refractivity contribution < 1.29 is 32.3 Å². The zero-order valence-corrected chi connectivity index (χ0v) is 20.1. The zero-order chi connectivity index (χ0) is 24.9. The Morgan fingerprint density at radius 3 is 2.43 bits per heavy atom. The standard InChI is InChI=1S/C24H27N3O7S/c1-17-4-6-18(7-5-17)22-26-25-21(34-22)3-2-14-33-19-8-10-20(11-9-19)35(30,31)24(23(28)27-29)12-15-32-16-13-24/h4-11,29H,2-3,12-16H2,1H3,(H,27,28). The van der Waals surface area contributed by atoms with E-state index in [1.807, 2.05) is 31.2 Å². The predicted octanol–water partition coefficient (Wildman–Crippen LogP) is 2.88. The minimum Gasteiger partial charge on any atom is -0.494 e. The van der Waals surface area contributed by atoms with Gasteiger partial charge in [-0.3, -0.25) is 10.0 Å². The first-order valence-electron chi connectivity index (χ1n) is 11.2. The molecule has 2 aromatic carbocycles. The average molecular weight is 502 g/mol. The summed E-state index contributed by atoms with van der Waals surface area (Å²) in [5, 5.41) is 17.3. The van der Waals surface area contributed by atoms with Crippen molar-refractivity contribution in [2.75, 3.05) is 19.8 Å². The van der Waals surface area contributed by atoms with Crippen LogP contribution in [-0.4, -0.2) is 54.3 Å². The number of rotatable bonds is 9. The molecule has 35 heavy (non-hydrogen) atoms. The van der Waals surface area contributed by atoms with Crippen LogP contribution in [0.1, 0.15) is 30.7 Å². The highest BCUT2D eigenvalue weighted by atomic mass is 32.2. The molecule has 4 rings (SSSR count). The lowest BCUT2D eigenvalue weighted by Crippen LogP contribution is -2.54. The number of carbonyl (C=O) groups excluding carboxylic acids is 1. The van der Waals surface area contributed by atoms with Gasteiger partial charge in [-0.05, 0) is 62.6 Å². The molecule has 1 aromatic heterocycles. The van der Waals surface area contributed by atoms with E-state index in [2.05, 4.69) is 10.2 Å². The number of hydrogen-bond acceptors (Lipinski definition) is 9. The summed E-state index contributed by atoms with van der Waals surface area (Å²) in [4.78, 5) is 12.3. The third-order valence-electron chi connectivity index (χ3n) is 6.03. The first-order chi connectivity index (χ1) is 16.9. The molecule has 0 aliphatic carbocycles. The number of nitrogens with zero attached hydrogens (tertiary/aromatic N) is 2. The fraction of sp³-hybridized carbons (Fsp3) is 0.375. The van der Waals surface area contributed by atoms with Gasteiger partial charge in [0, 0.05) is 25.2 Å². The number of aryl methyl sites for hydroxylation is 2. The monoisotopic (exact) mass is 501 g/mol. The number of ether oxygens (including phenoxy) is 2. The fourth-order valence-electron chi connectivity index (χ4n) is 3.94. The highest BCUT2D eigenvalue weighted by Crippen LogP contribution is 2.35. The molecular weight excluding hydrogens is 474 g/mol. The van der Waals surface area contributed by atoms with Crippen LogP contribution in [0.3, 0.4) is 0 Å². The SMILES string of the molecule is Cc1ccc(-c2nnc(CCCOc3ccc(S(=O)(=O)C4(C(=O)NO)CCOCC4)cc3)o2)cc1. The van der Waals surface area contributed by atoms with Gasteiger partial charge in [-0.2, -0.15) is 0 Å². The number of aromatic nitrogens is 2. The topological polar surface area (TPSA) is 141 Å². The summed E-state index contributed by atoms with van der Waals surface area (Å²) < 4.78 is 41.4. The van der Waals surface area contributed by atoms with Crippen molar-refractivity contribution in [1.29, 1.82) is 0 Å². The van der Waals surface area contributed by atoms with E-state index in [1.54, 1.807) is 12.1 Å². The minimum absolute atomic E-state index is 0.0233. The Kier molecular flexibility index (Phi) is 7.48. The smallest absolute Gasteiger partial charge is 0.265 e. The predicted molar refractivity (Wildman–Crippen MR) is 125 cm³/mol. The van der Waals surface area contributed by atoms with E-state index in [0.717, 1.165) is 11.1 Å². The van der Waals surface area contributed by atoms with E-state index in [1.165, 1.54) is 17.6 Å². The van der Waals surface area contributed by atoms with Crippen molar-refractivity contribution in [1.82, 2.24) is 15.7 Å². The minimum atomic E-state index is -4.07. The highest BCUT2D eigenvalue weighted by Gasteiger charge is 2.52. The molecule has 0 saturated carbocycles. The zero-order valence-electron chi connectivity index (χ0n) is 19.3. The molecule has 0 radical (unpaired) electrons. The van der Waals surface area contributed by atoms with E-state index in [0.29, 0.717) is 37.0 Å². The number of amides is 1. The van der Waals surface area contributed by atoms with Gasteiger partial charge >= 0.3 is 0 Å². The maximum Gasteiger partial charge on any atom is 0.265 e. The van der Waals surface area contributed by atoms with Crippen LogP contribution >= 0.6 is 0 Å². The molecule has 11 heteroatoms. The summed E-state index contributed by atoms with van der Waals surface area (Å²) in [6.07, 6.45) is 1.07. The second-order valence-corrected chi connectivity index (χ2v) is 10.6. The van der Waals surface area contributed by atoms with Gasteiger partial charge in [-0.15, -0.1) is 10.2 Å². The van der Waals surface area contributed by atoms with Crippen molar-refractivity contribution in [3.63, 3.8) is 0 Å². The number of hydrogen-bond donors (Lipinski definition) is 2. The third kappa shape index (κ3) is 5.21. The van der Waals surface area contributed by atoms with Gasteiger partial charge < -0.3 is 13.9 Å². The molecule has 1 fully saturated rings. The molecule has 0 unspecified atom stereocenters. The molecule has 3 aromatic rings. The van der Waals surface area contributed by atoms with Crippen LogP contribution in [0.15, 0.2) is 57.8 Å². The lowest BCUT2D eigenvalue weighted by atomic mass is 9.98. The summed E-state index contributed by atoms with van der Waals surface area (Å²) in [5.41, 5.74) is 3.52. The number of hydroxylamine groups is 1. The largest absolute Gasteiger partial charge is 0.494 e. The van der Waals surface area contributed by atoms with Gasteiger partial charge in [0.25, 0.3) is 5.91 Å². The lowest BCUT2D eigenvalue weighted by molar-refractivity contribution is -0.134. The summed E-state index contributed by atoms with van der Waals surface area (Å²) in [7, 11) is -4.07. The molecule has 1 aliphatic heterocycles. The van der Waals surface area contributed by atoms with Crippen molar-refractivity contribution in [3.8, 4) is 17.2 Å². The van der Waals surface area contributed by atoms with E-state index >= 15 is 0 Å². The quantitative estimate of drug-likeness (QED) is 0.257.